The van der Waals surface area contributed by atoms with Gasteiger partial charge in [0.05, 0.1) is 5.52 Å². The number of carbonyl (C=O) groups is 1. The Hall–Kier alpha value is -3.22. The number of benzene rings is 2. The number of anilines is 1. The van der Waals surface area contributed by atoms with E-state index in [2.05, 4.69) is 10.3 Å². The van der Waals surface area contributed by atoms with Crippen LogP contribution in [0.4, 0.5) is 10.5 Å². The predicted octanol–water partition coefficient (Wildman–Crippen LogP) is 4.11. The average molecular weight is 395 g/mol. The molecule has 2 N–H and O–H groups in total. The van der Waals surface area contributed by atoms with Crippen molar-refractivity contribution in [3.05, 3.63) is 64.6 Å². The molecule has 1 aromatic heterocycles. The van der Waals surface area contributed by atoms with Crippen LogP contribution in [0.5, 0.6) is 0 Å². The topological polar surface area (TPSA) is 87.6 Å². The Morgan fingerprint density at radius 1 is 1.14 bits per heavy atom. The van der Waals surface area contributed by atoms with Crippen LogP contribution in [0.25, 0.3) is 11.1 Å². The largest absolute Gasteiger partial charge is 0.445 e. The number of rotatable bonds is 4. The van der Waals surface area contributed by atoms with Gasteiger partial charge in [0.1, 0.15) is 6.61 Å². The van der Waals surface area contributed by atoms with Crippen molar-refractivity contribution < 1.29 is 13.9 Å². The van der Waals surface area contributed by atoms with E-state index in [-0.39, 0.29) is 6.09 Å². The highest BCUT2D eigenvalue weighted by Gasteiger charge is 2.20. The normalized spacial score (nSPS) is 15.7. The minimum absolute atomic E-state index is 0.242. The number of carbonyl (C=O) groups excluding carboxylic acids is 1. The van der Waals surface area contributed by atoms with Crippen molar-refractivity contribution in [1.29, 1.82) is 0 Å². The van der Waals surface area contributed by atoms with E-state index < -0.39 is 5.76 Å². The summed E-state index contributed by atoms with van der Waals surface area (Å²) in [4.78, 5) is 28.1. The standard InChI is InChI=1S/C22H25N3O4/c26-21-24-19-11-10-18(14-20(19)29-21)23-17-8-4-12-25(13-5-9-17)22(27)28-15-16-6-2-1-3-7-16/h1-3,6-7,10-11,14,17,23H,4-5,8-9,12-13,15H2,(H,24,26). The zero-order valence-electron chi connectivity index (χ0n) is 16.2. The lowest BCUT2D eigenvalue weighted by molar-refractivity contribution is 0.0928. The molecule has 152 valence electrons. The SMILES string of the molecule is O=C(OCc1ccccc1)N1CCCC(Nc2ccc3[nH]c(=O)oc3c2)CCC1. The van der Waals surface area contributed by atoms with Crippen molar-refractivity contribution in [1.82, 2.24) is 9.88 Å². The molecule has 0 atom stereocenters. The van der Waals surface area contributed by atoms with E-state index in [4.69, 9.17) is 9.15 Å². The van der Waals surface area contributed by atoms with Crippen LogP contribution in [-0.2, 0) is 11.3 Å². The molecule has 3 aromatic rings. The summed E-state index contributed by atoms with van der Waals surface area (Å²) < 4.78 is 10.6. The van der Waals surface area contributed by atoms with Gasteiger partial charge in [-0.2, -0.15) is 0 Å². The molecule has 0 unspecified atom stereocenters. The maximum Gasteiger partial charge on any atom is 0.417 e. The van der Waals surface area contributed by atoms with Crippen LogP contribution in [0, 0.1) is 0 Å². The molecule has 4 rings (SSSR count). The molecule has 1 amide bonds. The van der Waals surface area contributed by atoms with Crippen molar-refractivity contribution in [2.75, 3.05) is 18.4 Å². The molecule has 0 radical (unpaired) electrons. The van der Waals surface area contributed by atoms with Gasteiger partial charge in [0.25, 0.3) is 0 Å². The summed E-state index contributed by atoms with van der Waals surface area (Å²) in [5, 5.41) is 3.53. The Balaban J connectivity index is 1.27. The molecule has 1 aliphatic heterocycles. The zero-order chi connectivity index (χ0) is 20.1. The fraction of sp³-hybridized carbons (Fsp3) is 0.364. The fourth-order valence-electron chi connectivity index (χ4n) is 3.72. The van der Waals surface area contributed by atoms with Crippen LogP contribution < -0.4 is 11.1 Å². The summed E-state index contributed by atoms with van der Waals surface area (Å²) in [6, 6.07) is 15.7. The quantitative estimate of drug-likeness (QED) is 0.694. The molecule has 0 aliphatic carbocycles. The molecule has 1 saturated heterocycles. The second-order valence-corrected chi connectivity index (χ2v) is 7.38. The lowest BCUT2D eigenvalue weighted by Crippen LogP contribution is -2.36. The number of amides is 1. The Morgan fingerprint density at radius 2 is 1.90 bits per heavy atom. The number of nitrogens with one attached hydrogen (secondary N) is 2. The molecular weight excluding hydrogens is 370 g/mol. The third kappa shape index (κ3) is 4.99. The third-order valence-electron chi connectivity index (χ3n) is 5.22. The number of hydrogen-bond acceptors (Lipinski definition) is 5. The fourth-order valence-corrected chi connectivity index (χ4v) is 3.72. The van der Waals surface area contributed by atoms with E-state index in [0.29, 0.717) is 36.8 Å². The van der Waals surface area contributed by atoms with Gasteiger partial charge in [-0.05, 0) is 43.4 Å². The summed E-state index contributed by atoms with van der Waals surface area (Å²) in [5.74, 6) is -0.442. The first-order valence-electron chi connectivity index (χ1n) is 10.0. The average Bonchev–Trinajstić information content (AvgIpc) is 3.08. The summed E-state index contributed by atoms with van der Waals surface area (Å²) >= 11 is 0. The maximum atomic E-state index is 12.4. The molecule has 1 fully saturated rings. The van der Waals surface area contributed by atoms with E-state index in [0.717, 1.165) is 36.9 Å². The highest BCUT2D eigenvalue weighted by atomic mass is 16.6. The highest BCUT2D eigenvalue weighted by Crippen LogP contribution is 2.21. The lowest BCUT2D eigenvalue weighted by atomic mass is 10.0. The molecule has 7 heteroatoms. The molecule has 0 bridgehead atoms. The number of aromatic nitrogens is 1. The number of hydrogen-bond donors (Lipinski definition) is 2. The summed E-state index contributed by atoms with van der Waals surface area (Å²) in [7, 11) is 0. The van der Waals surface area contributed by atoms with E-state index in [1.54, 1.807) is 4.90 Å². The van der Waals surface area contributed by atoms with Crippen LogP contribution in [0.2, 0.25) is 0 Å². The summed E-state index contributed by atoms with van der Waals surface area (Å²) in [5.41, 5.74) is 3.18. The Bertz CT molecular complexity index is 1000. The molecule has 29 heavy (non-hydrogen) atoms. The molecule has 7 nitrogen and oxygen atoms in total. The van der Waals surface area contributed by atoms with E-state index in [9.17, 15) is 9.59 Å². The van der Waals surface area contributed by atoms with Crippen molar-refractivity contribution in [2.45, 2.75) is 38.3 Å². The Morgan fingerprint density at radius 3 is 2.66 bits per heavy atom. The van der Waals surface area contributed by atoms with Crippen LogP contribution in [0.15, 0.2) is 57.7 Å². The second kappa shape index (κ2) is 8.86. The van der Waals surface area contributed by atoms with Crippen molar-refractivity contribution in [2.24, 2.45) is 0 Å². The van der Waals surface area contributed by atoms with Gasteiger partial charge in [-0.1, -0.05) is 30.3 Å². The van der Waals surface area contributed by atoms with Crippen molar-refractivity contribution in [3.8, 4) is 0 Å². The van der Waals surface area contributed by atoms with E-state index in [1.165, 1.54) is 0 Å². The molecule has 2 aromatic carbocycles. The summed E-state index contributed by atoms with van der Waals surface area (Å²) in [6.45, 7) is 1.69. The van der Waals surface area contributed by atoms with Gasteiger partial charge >= 0.3 is 11.8 Å². The number of nitrogens with zero attached hydrogens (tertiary/aromatic N) is 1. The monoisotopic (exact) mass is 395 g/mol. The first-order valence-corrected chi connectivity index (χ1v) is 10.0. The molecular formula is C22H25N3O4. The molecule has 0 spiro atoms. The number of fused-ring (bicyclic) bond motifs is 1. The number of likely N-dealkylation sites (tertiary alicyclic amines) is 1. The van der Waals surface area contributed by atoms with Crippen LogP contribution in [-0.4, -0.2) is 35.1 Å². The highest BCUT2D eigenvalue weighted by molar-refractivity contribution is 5.76. The minimum atomic E-state index is -0.442. The van der Waals surface area contributed by atoms with Crippen LogP contribution in [0.3, 0.4) is 0 Å². The van der Waals surface area contributed by atoms with Gasteiger partial charge in [0, 0.05) is 30.9 Å². The van der Waals surface area contributed by atoms with Gasteiger partial charge in [-0.15, -0.1) is 0 Å². The number of aromatic amines is 1. The number of H-pyrrole nitrogens is 1. The van der Waals surface area contributed by atoms with Crippen LogP contribution >= 0.6 is 0 Å². The lowest BCUT2D eigenvalue weighted by Gasteiger charge is -2.28. The predicted molar refractivity (Wildman–Crippen MR) is 111 cm³/mol. The molecule has 0 saturated carbocycles. The van der Waals surface area contributed by atoms with Gasteiger partial charge in [-0.3, -0.25) is 4.98 Å². The first kappa shape index (κ1) is 19.1. The molecule has 1 aliphatic rings. The number of oxazole rings is 1. The third-order valence-corrected chi connectivity index (χ3v) is 5.22. The smallest absolute Gasteiger partial charge is 0.417 e. The maximum absolute atomic E-state index is 12.4. The van der Waals surface area contributed by atoms with E-state index in [1.807, 2.05) is 48.5 Å². The first-order chi connectivity index (χ1) is 14.2. The summed E-state index contributed by atoms with van der Waals surface area (Å²) in [6.07, 6.45) is 3.47. The minimum Gasteiger partial charge on any atom is -0.445 e. The Kier molecular flexibility index (Phi) is 5.84. The van der Waals surface area contributed by atoms with E-state index >= 15 is 0 Å². The van der Waals surface area contributed by atoms with Gasteiger partial charge in [0.15, 0.2) is 5.58 Å². The van der Waals surface area contributed by atoms with Crippen molar-refractivity contribution >= 4 is 22.9 Å². The second-order valence-electron chi connectivity index (χ2n) is 7.38. The molecule has 2 heterocycles. The van der Waals surface area contributed by atoms with Crippen LogP contribution in [0.1, 0.15) is 31.2 Å². The number of ether oxygens (including phenoxy) is 1. The van der Waals surface area contributed by atoms with Gasteiger partial charge < -0.3 is 19.4 Å². The van der Waals surface area contributed by atoms with Crippen molar-refractivity contribution in [3.63, 3.8) is 0 Å². The Labute approximate surface area is 168 Å². The van der Waals surface area contributed by atoms with Gasteiger partial charge in [-0.25, -0.2) is 9.59 Å². The van der Waals surface area contributed by atoms with Gasteiger partial charge in [0.2, 0.25) is 0 Å². The zero-order valence-corrected chi connectivity index (χ0v) is 16.2.